The predicted octanol–water partition coefficient (Wildman–Crippen LogP) is 3.52. The molecule has 0 aliphatic carbocycles. The van der Waals surface area contributed by atoms with Crippen LogP contribution in [0.1, 0.15) is 38.1 Å². The summed E-state index contributed by atoms with van der Waals surface area (Å²) in [6.07, 6.45) is 3.25. The molecule has 0 aliphatic heterocycles. The first kappa shape index (κ1) is 21.3. The first-order valence-electron chi connectivity index (χ1n) is 9.44. The number of esters is 1. The number of nitrogens with zero attached hydrogens (tertiary/aromatic N) is 3. The molecule has 7 nitrogen and oxygen atoms in total. The second-order valence-electron chi connectivity index (χ2n) is 7.44. The van der Waals surface area contributed by atoms with Crippen LogP contribution in [-0.2, 0) is 9.53 Å². The molecule has 1 aromatic heterocycles. The fraction of sp³-hybridized carbons (Fsp3) is 0.429. The van der Waals surface area contributed by atoms with Crippen molar-refractivity contribution < 1.29 is 14.3 Å². The number of amides is 1. The number of hydrogen-bond donors (Lipinski definition) is 1. The molecule has 1 N–H and O–H groups in total. The lowest BCUT2D eigenvalue weighted by Crippen LogP contribution is -2.39. The number of hydrogen-bond acceptors (Lipinski definition) is 6. The molecule has 2 aromatic rings. The lowest BCUT2D eigenvalue weighted by Gasteiger charge is -2.26. The van der Waals surface area contributed by atoms with E-state index in [9.17, 15) is 9.59 Å². The van der Waals surface area contributed by atoms with Crippen molar-refractivity contribution in [1.29, 1.82) is 0 Å². The lowest BCUT2D eigenvalue weighted by molar-refractivity contribution is -0.135. The van der Waals surface area contributed by atoms with Crippen molar-refractivity contribution in [2.45, 2.75) is 27.7 Å². The molecule has 0 saturated carbocycles. The summed E-state index contributed by atoms with van der Waals surface area (Å²) in [6, 6.07) is 8.53. The maximum Gasteiger partial charge on any atom is 0.338 e. The van der Waals surface area contributed by atoms with Crippen LogP contribution in [-0.4, -0.2) is 46.4 Å². The highest BCUT2D eigenvalue weighted by Gasteiger charge is 2.18. The molecule has 0 aliphatic rings. The van der Waals surface area contributed by atoms with Crippen LogP contribution in [0.4, 0.5) is 11.6 Å². The second kappa shape index (κ2) is 10.4. The smallest absolute Gasteiger partial charge is 0.338 e. The number of benzene rings is 1. The van der Waals surface area contributed by atoms with E-state index in [0.717, 1.165) is 0 Å². The molecule has 1 amide bonds. The van der Waals surface area contributed by atoms with Gasteiger partial charge in [0.05, 0.1) is 5.56 Å². The molecule has 150 valence electrons. The van der Waals surface area contributed by atoms with E-state index < -0.39 is 5.97 Å². The first-order chi connectivity index (χ1) is 13.3. The predicted molar refractivity (Wildman–Crippen MR) is 108 cm³/mol. The topological polar surface area (TPSA) is 84.4 Å². The van der Waals surface area contributed by atoms with Gasteiger partial charge in [-0.15, -0.1) is 0 Å². The summed E-state index contributed by atoms with van der Waals surface area (Å²) in [4.78, 5) is 34.8. The monoisotopic (exact) mass is 384 g/mol. The quantitative estimate of drug-likeness (QED) is 0.666. The average molecular weight is 384 g/mol. The van der Waals surface area contributed by atoms with Gasteiger partial charge in [0.15, 0.2) is 6.61 Å². The van der Waals surface area contributed by atoms with Gasteiger partial charge in [-0.2, -0.15) is 0 Å². The van der Waals surface area contributed by atoms with Crippen molar-refractivity contribution in [3.63, 3.8) is 0 Å². The van der Waals surface area contributed by atoms with Crippen molar-refractivity contribution >= 4 is 23.5 Å². The number of anilines is 2. The fourth-order valence-corrected chi connectivity index (χ4v) is 2.68. The van der Waals surface area contributed by atoms with Crippen LogP contribution in [0, 0.1) is 11.8 Å². The molecule has 1 aromatic carbocycles. The third kappa shape index (κ3) is 6.98. The van der Waals surface area contributed by atoms with Gasteiger partial charge in [0.25, 0.3) is 5.91 Å². The van der Waals surface area contributed by atoms with Gasteiger partial charge in [0, 0.05) is 31.2 Å². The van der Waals surface area contributed by atoms with Gasteiger partial charge in [-0.1, -0.05) is 33.8 Å². The molecular weight excluding hydrogens is 356 g/mol. The number of ether oxygens (including phenoxy) is 1. The summed E-state index contributed by atoms with van der Waals surface area (Å²) in [5.41, 5.74) is 1.02. The van der Waals surface area contributed by atoms with Gasteiger partial charge in [0.1, 0.15) is 0 Å². The molecule has 0 spiro atoms. The third-order valence-corrected chi connectivity index (χ3v) is 3.77. The summed E-state index contributed by atoms with van der Waals surface area (Å²) in [5.74, 6) is 0.409. The third-order valence-electron chi connectivity index (χ3n) is 3.77. The van der Waals surface area contributed by atoms with Crippen LogP contribution >= 0.6 is 0 Å². The average Bonchev–Trinajstić information content (AvgIpc) is 2.65. The van der Waals surface area contributed by atoms with E-state index in [1.54, 1.807) is 47.6 Å². The van der Waals surface area contributed by atoms with E-state index in [1.807, 2.05) is 0 Å². The van der Waals surface area contributed by atoms with Crippen molar-refractivity contribution in [3.8, 4) is 0 Å². The van der Waals surface area contributed by atoms with Gasteiger partial charge in [-0.05, 0) is 36.1 Å². The van der Waals surface area contributed by atoms with Crippen molar-refractivity contribution in [1.82, 2.24) is 14.9 Å². The second-order valence-corrected chi connectivity index (χ2v) is 7.44. The van der Waals surface area contributed by atoms with E-state index >= 15 is 0 Å². The Bertz CT molecular complexity index is 768. The Balaban J connectivity index is 1.96. The van der Waals surface area contributed by atoms with Crippen molar-refractivity contribution in [3.05, 3.63) is 48.3 Å². The van der Waals surface area contributed by atoms with Gasteiger partial charge in [0.2, 0.25) is 5.95 Å². The SMILES string of the molecule is CC(C)CN(CC(C)C)C(=O)COC(=O)c1cccc(Nc2ncccn2)c1. The van der Waals surface area contributed by atoms with Crippen LogP contribution in [0.2, 0.25) is 0 Å². The summed E-state index contributed by atoms with van der Waals surface area (Å²) in [6.45, 7) is 9.25. The normalized spacial score (nSPS) is 10.8. The van der Waals surface area contributed by atoms with Gasteiger partial charge >= 0.3 is 5.97 Å². The molecular formula is C21H28N4O3. The molecule has 0 unspecified atom stereocenters. The highest BCUT2D eigenvalue weighted by molar-refractivity contribution is 5.92. The zero-order valence-electron chi connectivity index (χ0n) is 16.9. The van der Waals surface area contributed by atoms with Crippen LogP contribution in [0.15, 0.2) is 42.7 Å². The number of carbonyl (C=O) groups excluding carboxylic acids is 2. The van der Waals surface area contributed by atoms with Crippen molar-refractivity contribution in [2.75, 3.05) is 25.0 Å². The molecule has 2 rings (SSSR count). The molecule has 0 fully saturated rings. The van der Waals surface area contributed by atoms with Crippen LogP contribution in [0.3, 0.4) is 0 Å². The lowest BCUT2D eigenvalue weighted by atomic mass is 10.1. The highest BCUT2D eigenvalue weighted by atomic mass is 16.5. The Morgan fingerprint density at radius 1 is 1.04 bits per heavy atom. The molecule has 0 saturated heterocycles. The number of aromatic nitrogens is 2. The maximum absolute atomic E-state index is 12.5. The molecule has 28 heavy (non-hydrogen) atoms. The summed E-state index contributed by atoms with van der Waals surface area (Å²) < 4.78 is 5.25. The fourth-order valence-electron chi connectivity index (χ4n) is 2.68. The van der Waals surface area contributed by atoms with Crippen molar-refractivity contribution in [2.24, 2.45) is 11.8 Å². The Morgan fingerprint density at radius 2 is 1.68 bits per heavy atom. The molecule has 0 radical (unpaired) electrons. The Labute approximate surface area is 166 Å². The largest absolute Gasteiger partial charge is 0.452 e. The first-order valence-corrected chi connectivity index (χ1v) is 9.44. The molecule has 0 atom stereocenters. The number of carbonyl (C=O) groups is 2. The summed E-state index contributed by atoms with van der Waals surface area (Å²) >= 11 is 0. The van der Waals surface area contributed by atoms with Gasteiger partial charge < -0.3 is 15.0 Å². The number of nitrogens with one attached hydrogen (secondary N) is 1. The molecule has 7 heteroatoms. The Morgan fingerprint density at radius 3 is 2.29 bits per heavy atom. The maximum atomic E-state index is 12.5. The van der Waals surface area contributed by atoms with Crippen LogP contribution < -0.4 is 5.32 Å². The standard InChI is InChI=1S/C21H28N4O3/c1-15(2)12-25(13-16(3)4)19(26)14-28-20(27)17-7-5-8-18(11-17)24-21-22-9-6-10-23-21/h5-11,15-16H,12-14H2,1-4H3,(H,22,23,24). The van der Waals surface area contributed by atoms with Crippen LogP contribution in [0.25, 0.3) is 0 Å². The zero-order valence-corrected chi connectivity index (χ0v) is 16.9. The number of rotatable bonds is 9. The van der Waals surface area contributed by atoms with E-state index in [4.69, 9.17) is 4.74 Å². The van der Waals surface area contributed by atoms with E-state index in [2.05, 4.69) is 43.0 Å². The summed E-state index contributed by atoms with van der Waals surface area (Å²) in [7, 11) is 0. The minimum absolute atomic E-state index is 0.178. The Kier molecular flexibility index (Phi) is 7.92. The van der Waals surface area contributed by atoms with Gasteiger partial charge in [-0.3, -0.25) is 4.79 Å². The summed E-state index contributed by atoms with van der Waals surface area (Å²) in [5, 5.41) is 3.02. The Hall–Kier alpha value is -2.96. The van der Waals surface area contributed by atoms with Crippen LogP contribution in [0.5, 0.6) is 0 Å². The highest BCUT2D eigenvalue weighted by Crippen LogP contribution is 2.15. The van der Waals surface area contributed by atoms with E-state index in [1.165, 1.54) is 0 Å². The molecule has 1 heterocycles. The molecule has 0 bridgehead atoms. The van der Waals surface area contributed by atoms with Gasteiger partial charge in [-0.25, -0.2) is 14.8 Å². The minimum Gasteiger partial charge on any atom is -0.452 e. The van der Waals surface area contributed by atoms with E-state index in [0.29, 0.717) is 42.1 Å². The minimum atomic E-state index is -0.542. The zero-order chi connectivity index (χ0) is 20.5. The van der Waals surface area contributed by atoms with E-state index in [-0.39, 0.29) is 12.5 Å².